The van der Waals surface area contributed by atoms with Crippen molar-refractivity contribution in [1.29, 1.82) is 0 Å². The maximum absolute atomic E-state index is 13.6. The minimum atomic E-state index is -4.40. The number of thiophene rings is 1. The Labute approximate surface area is 132 Å². The molecule has 1 aromatic carbocycles. The molecule has 0 N–H and O–H groups in total. The predicted molar refractivity (Wildman–Crippen MR) is 77.0 cm³/mol. The molecule has 114 valence electrons. The Bertz CT molecular complexity index is 754. The van der Waals surface area contributed by atoms with Gasteiger partial charge in [-0.05, 0) is 32.9 Å². The van der Waals surface area contributed by atoms with Crippen LogP contribution in [0.5, 0.6) is 0 Å². The Hall–Kier alpha value is -0.900. The predicted octanol–water partition coefficient (Wildman–Crippen LogP) is 3.75. The molecule has 0 unspecified atom stereocenters. The molecule has 1 aromatic heterocycles. The molecule has 0 amide bonds. The minimum Gasteiger partial charge on any atom is -0.207 e. The standard InChI is InChI=1S/C12H9BrF3NO2S2/c1-17(5-7-2-11(13)20-6-7)21(18,19)12-9(15)3-8(14)4-10(12)16/h2-4,6H,5H2,1H3. The first-order chi connectivity index (χ1) is 9.71. The van der Waals surface area contributed by atoms with Gasteiger partial charge >= 0.3 is 0 Å². The Balaban J connectivity index is 2.38. The zero-order chi connectivity index (χ0) is 15.8. The molecule has 0 aliphatic rings. The minimum absolute atomic E-state index is 0.0549. The summed E-state index contributed by atoms with van der Waals surface area (Å²) in [5, 5.41) is 1.72. The van der Waals surface area contributed by atoms with Gasteiger partial charge in [-0.25, -0.2) is 21.6 Å². The molecular weight excluding hydrogens is 391 g/mol. The SMILES string of the molecule is CN(Cc1csc(Br)c1)S(=O)(=O)c1c(F)cc(F)cc1F. The molecule has 0 saturated heterocycles. The molecule has 2 rings (SSSR count). The van der Waals surface area contributed by atoms with Crippen molar-refractivity contribution < 1.29 is 21.6 Å². The molecule has 21 heavy (non-hydrogen) atoms. The molecule has 0 fully saturated rings. The molecule has 0 radical (unpaired) electrons. The van der Waals surface area contributed by atoms with E-state index in [0.717, 1.165) is 8.09 Å². The van der Waals surface area contributed by atoms with E-state index in [0.29, 0.717) is 17.7 Å². The molecule has 0 aliphatic heterocycles. The van der Waals surface area contributed by atoms with E-state index in [1.165, 1.54) is 18.4 Å². The molecule has 1 heterocycles. The van der Waals surface area contributed by atoms with Gasteiger partial charge in [0.2, 0.25) is 10.0 Å². The van der Waals surface area contributed by atoms with E-state index in [1.807, 2.05) is 0 Å². The van der Waals surface area contributed by atoms with E-state index >= 15 is 0 Å². The number of sulfonamides is 1. The number of rotatable bonds is 4. The lowest BCUT2D eigenvalue weighted by Gasteiger charge is -2.17. The van der Waals surface area contributed by atoms with Crippen LogP contribution in [0, 0.1) is 17.5 Å². The van der Waals surface area contributed by atoms with E-state index in [2.05, 4.69) is 15.9 Å². The van der Waals surface area contributed by atoms with Crippen molar-refractivity contribution in [1.82, 2.24) is 4.31 Å². The third-order valence-corrected chi connectivity index (χ3v) is 6.07. The second-order valence-corrected chi connectivity index (χ2v) is 8.49. The molecule has 9 heteroatoms. The van der Waals surface area contributed by atoms with Crippen LogP contribution in [0.15, 0.2) is 32.3 Å². The molecule has 0 saturated carbocycles. The van der Waals surface area contributed by atoms with E-state index < -0.39 is 32.4 Å². The van der Waals surface area contributed by atoms with Crippen LogP contribution in [0.2, 0.25) is 0 Å². The van der Waals surface area contributed by atoms with Gasteiger partial charge < -0.3 is 0 Å². The highest BCUT2D eigenvalue weighted by molar-refractivity contribution is 9.11. The highest BCUT2D eigenvalue weighted by Crippen LogP contribution is 2.26. The van der Waals surface area contributed by atoms with Crippen LogP contribution in [0.3, 0.4) is 0 Å². The van der Waals surface area contributed by atoms with Crippen LogP contribution in [0.25, 0.3) is 0 Å². The van der Waals surface area contributed by atoms with Crippen molar-refractivity contribution in [2.45, 2.75) is 11.4 Å². The highest BCUT2D eigenvalue weighted by Gasteiger charge is 2.29. The maximum atomic E-state index is 13.6. The number of nitrogens with zero attached hydrogens (tertiary/aromatic N) is 1. The van der Waals surface area contributed by atoms with E-state index in [9.17, 15) is 21.6 Å². The molecular formula is C12H9BrF3NO2S2. The number of halogens is 4. The van der Waals surface area contributed by atoms with Crippen molar-refractivity contribution in [3.8, 4) is 0 Å². The summed E-state index contributed by atoms with van der Waals surface area (Å²) in [5.41, 5.74) is 0.667. The first-order valence-electron chi connectivity index (χ1n) is 5.55. The average molecular weight is 400 g/mol. The normalized spacial score (nSPS) is 12.1. The number of benzene rings is 1. The summed E-state index contributed by atoms with van der Waals surface area (Å²) in [4.78, 5) is -1.15. The first-order valence-corrected chi connectivity index (χ1v) is 8.67. The van der Waals surface area contributed by atoms with Crippen molar-refractivity contribution in [2.75, 3.05) is 7.05 Å². The van der Waals surface area contributed by atoms with Crippen molar-refractivity contribution in [3.63, 3.8) is 0 Å². The zero-order valence-corrected chi connectivity index (χ0v) is 13.8. The number of hydrogen-bond donors (Lipinski definition) is 0. The van der Waals surface area contributed by atoms with Gasteiger partial charge in [-0.15, -0.1) is 11.3 Å². The van der Waals surface area contributed by atoms with Crippen LogP contribution >= 0.6 is 27.3 Å². The van der Waals surface area contributed by atoms with E-state index in [4.69, 9.17) is 0 Å². The smallest absolute Gasteiger partial charge is 0.207 e. The molecule has 0 aliphatic carbocycles. The summed E-state index contributed by atoms with van der Waals surface area (Å²) in [7, 11) is -3.20. The Morgan fingerprint density at radius 3 is 2.24 bits per heavy atom. The van der Waals surface area contributed by atoms with Gasteiger partial charge in [0.05, 0.1) is 3.79 Å². The summed E-state index contributed by atoms with van der Waals surface area (Å²) in [6, 6.07) is 2.38. The van der Waals surface area contributed by atoms with Gasteiger partial charge in [-0.2, -0.15) is 4.31 Å². The topological polar surface area (TPSA) is 37.4 Å². The van der Waals surface area contributed by atoms with Crippen molar-refractivity contribution in [2.24, 2.45) is 0 Å². The second-order valence-electron chi connectivity index (χ2n) is 4.22. The fourth-order valence-corrected chi connectivity index (χ4v) is 4.14. The first kappa shape index (κ1) is 16.5. The lowest BCUT2D eigenvalue weighted by atomic mass is 10.3. The van der Waals surface area contributed by atoms with Crippen LogP contribution in [0.4, 0.5) is 13.2 Å². The summed E-state index contributed by atoms with van der Waals surface area (Å²) < 4.78 is 66.1. The Morgan fingerprint density at radius 2 is 1.76 bits per heavy atom. The molecule has 0 bridgehead atoms. The van der Waals surface area contributed by atoms with Gasteiger partial charge in [-0.1, -0.05) is 0 Å². The fourth-order valence-electron chi connectivity index (χ4n) is 1.70. The van der Waals surface area contributed by atoms with Gasteiger partial charge in [-0.3, -0.25) is 0 Å². The van der Waals surface area contributed by atoms with Crippen LogP contribution in [-0.2, 0) is 16.6 Å². The summed E-state index contributed by atoms with van der Waals surface area (Å²) in [6.45, 7) is -0.0549. The summed E-state index contributed by atoms with van der Waals surface area (Å²) >= 11 is 4.60. The monoisotopic (exact) mass is 399 g/mol. The highest BCUT2D eigenvalue weighted by atomic mass is 79.9. The summed E-state index contributed by atoms with van der Waals surface area (Å²) in [5.74, 6) is -4.08. The lowest BCUT2D eigenvalue weighted by Crippen LogP contribution is -2.28. The van der Waals surface area contributed by atoms with Gasteiger partial charge in [0, 0.05) is 25.7 Å². The Morgan fingerprint density at radius 1 is 1.19 bits per heavy atom. The van der Waals surface area contributed by atoms with E-state index in [1.54, 1.807) is 11.4 Å². The Kier molecular flexibility index (Phi) is 4.76. The van der Waals surface area contributed by atoms with Gasteiger partial charge in [0.1, 0.15) is 17.5 Å². The molecule has 2 aromatic rings. The molecule has 3 nitrogen and oxygen atoms in total. The quantitative estimate of drug-likeness (QED) is 0.784. The zero-order valence-electron chi connectivity index (χ0n) is 10.6. The van der Waals surface area contributed by atoms with Crippen LogP contribution in [0.1, 0.15) is 5.56 Å². The average Bonchev–Trinajstić information content (AvgIpc) is 2.72. The maximum Gasteiger partial charge on any atom is 0.248 e. The number of hydrogen-bond acceptors (Lipinski definition) is 3. The van der Waals surface area contributed by atoms with Crippen LogP contribution < -0.4 is 0 Å². The van der Waals surface area contributed by atoms with Crippen molar-refractivity contribution >= 4 is 37.3 Å². The molecule has 0 atom stereocenters. The lowest BCUT2D eigenvalue weighted by molar-refractivity contribution is 0.444. The fraction of sp³-hybridized carbons (Fsp3) is 0.167. The van der Waals surface area contributed by atoms with E-state index in [-0.39, 0.29) is 6.54 Å². The largest absolute Gasteiger partial charge is 0.248 e. The second kappa shape index (κ2) is 6.07. The third kappa shape index (κ3) is 3.47. The van der Waals surface area contributed by atoms with Gasteiger partial charge in [0.25, 0.3) is 0 Å². The third-order valence-electron chi connectivity index (χ3n) is 2.66. The molecule has 0 spiro atoms. The summed E-state index contributed by atoms with van der Waals surface area (Å²) in [6.07, 6.45) is 0. The van der Waals surface area contributed by atoms with Gasteiger partial charge in [0.15, 0.2) is 4.90 Å². The van der Waals surface area contributed by atoms with Crippen molar-refractivity contribution in [3.05, 3.63) is 50.4 Å². The van der Waals surface area contributed by atoms with Crippen LogP contribution in [-0.4, -0.2) is 19.8 Å².